The van der Waals surface area contributed by atoms with Gasteiger partial charge in [-0.05, 0) is 25.1 Å². The average molecular weight is 286 g/mol. The number of nitrogens with one attached hydrogen (secondary N) is 1. The van der Waals surface area contributed by atoms with Crippen molar-refractivity contribution in [2.24, 2.45) is 0 Å². The lowest BCUT2D eigenvalue weighted by Crippen LogP contribution is -2.24. The lowest BCUT2D eigenvalue weighted by molar-refractivity contribution is 0.0990. The van der Waals surface area contributed by atoms with Crippen molar-refractivity contribution in [3.63, 3.8) is 0 Å². The Kier molecular flexibility index (Phi) is 6.30. The second-order valence-corrected chi connectivity index (χ2v) is 4.37. The van der Waals surface area contributed by atoms with Crippen LogP contribution in [0.2, 0.25) is 0 Å². The topological polar surface area (TPSA) is 38.3 Å². The van der Waals surface area contributed by atoms with Gasteiger partial charge in [0.05, 0.1) is 6.54 Å². The van der Waals surface area contributed by atoms with Crippen molar-refractivity contribution in [2.75, 3.05) is 26.8 Å². The second-order valence-electron chi connectivity index (χ2n) is 3.46. The van der Waals surface area contributed by atoms with E-state index in [-0.39, 0.29) is 5.78 Å². The first-order valence-corrected chi connectivity index (χ1v) is 6.02. The molecule has 4 heteroatoms. The van der Waals surface area contributed by atoms with Crippen LogP contribution < -0.4 is 5.32 Å². The maximum atomic E-state index is 11.7. The number of ether oxygens (including phenoxy) is 1. The van der Waals surface area contributed by atoms with E-state index in [0.29, 0.717) is 6.54 Å². The minimum Gasteiger partial charge on any atom is -0.385 e. The van der Waals surface area contributed by atoms with E-state index in [4.69, 9.17) is 4.74 Å². The van der Waals surface area contributed by atoms with Crippen LogP contribution in [0.25, 0.3) is 0 Å². The number of methoxy groups -OCH3 is 1. The summed E-state index contributed by atoms with van der Waals surface area (Å²) in [5, 5.41) is 3.09. The van der Waals surface area contributed by atoms with Crippen LogP contribution in [-0.2, 0) is 4.74 Å². The van der Waals surface area contributed by atoms with Crippen LogP contribution in [0.15, 0.2) is 28.7 Å². The SMILES string of the molecule is COCCCNCC(=O)c1cccc(Br)c1. The molecule has 0 fully saturated rings. The van der Waals surface area contributed by atoms with E-state index >= 15 is 0 Å². The number of halogens is 1. The summed E-state index contributed by atoms with van der Waals surface area (Å²) in [7, 11) is 1.67. The Labute approximate surface area is 104 Å². The summed E-state index contributed by atoms with van der Waals surface area (Å²) in [6, 6.07) is 7.42. The molecule has 0 aromatic heterocycles. The van der Waals surface area contributed by atoms with Gasteiger partial charge in [-0.2, -0.15) is 0 Å². The highest BCUT2D eigenvalue weighted by Crippen LogP contribution is 2.11. The Morgan fingerprint density at radius 2 is 2.31 bits per heavy atom. The van der Waals surface area contributed by atoms with Crippen LogP contribution >= 0.6 is 15.9 Å². The van der Waals surface area contributed by atoms with Crippen molar-refractivity contribution in [3.8, 4) is 0 Å². The van der Waals surface area contributed by atoms with Gasteiger partial charge in [0.25, 0.3) is 0 Å². The van der Waals surface area contributed by atoms with E-state index in [1.165, 1.54) is 0 Å². The number of benzene rings is 1. The van der Waals surface area contributed by atoms with Gasteiger partial charge in [0.1, 0.15) is 0 Å². The van der Waals surface area contributed by atoms with Crippen LogP contribution in [-0.4, -0.2) is 32.6 Å². The summed E-state index contributed by atoms with van der Waals surface area (Å²) in [6.07, 6.45) is 0.919. The van der Waals surface area contributed by atoms with Gasteiger partial charge >= 0.3 is 0 Å². The van der Waals surface area contributed by atoms with Crippen LogP contribution in [0.3, 0.4) is 0 Å². The summed E-state index contributed by atoms with van der Waals surface area (Å²) >= 11 is 3.34. The molecular weight excluding hydrogens is 270 g/mol. The lowest BCUT2D eigenvalue weighted by atomic mass is 10.1. The number of Topliss-reactive ketones (excluding diaryl/α,β-unsaturated/α-hetero) is 1. The highest BCUT2D eigenvalue weighted by atomic mass is 79.9. The molecule has 88 valence electrons. The molecule has 0 unspecified atom stereocenters. The molecule has 0 bridgehead atoms. The zero-order valence-corrected chi connectivity index (χ0v) is 10.9. The van der Waals surface area contributed by atoms with Crippen molar-refractivity contribution in [1.29, 1.82) is 0 Å². The van der Waals surface area contributed by atoms with Gasteiger partial charge < -0.3 is 10.1 Å². The summed E-state index contributed by atoms with van der Waals surface area (Å²) in [4.78, 5) is 11.7. The monoisotopic (exact) mass is 285 g/mol. The molecule has 1 aromatic carbocycles. The molecule has 0 amide bonds. The number of ketones is 1. The Morgan fingerprint density at radius 3 is 3.00 bits per heavy atom. The molecule has 1 rings (SSSR count). The quantitative estimate of drug-likeness (QED) is 0.617. The predicted molar refractivity (Wildman–Crippen MR) is 67.8 cm³/mol. The van der Waals surface area contributed by atoms with Gasteiger partial charge in [0, 0.05) is 23.8 Å². The van der Waals surface area contributed by atoms with Crippen LogP contribution in [0.4, 0.5) is 0 Å². The third kappa shape index (κ3) is 4.88. The fraction of sp³-hybridized carbons (Fsp3) is 0.417. The molecule has 0 aliphatic rings. The van der Waals surface area contributed by atoms with E-state index in [1.54, 1.807) is 7.11 Å². The summed E-state index contributed by atoms with van der Waals surface area (Å²) in [5.41, 5.74) is 0.730. The van der Waals surface area contributed by atoms with Crippen LogP contribution in [0, 0.1) is 0 Å². The van der Waals surface area contributed by atoms with E-state index in [9.17, 15) is 4.79 Å². The standard InChI is InChI=1S/C12H16BrNO2/c1-16-7-3-6-14-9-12(15)10-4-2-5-11(13)8-10/h2,4-5,8,14H,3,6-7,9H2,1H3. The molecule has 0 saturated carbocycles. The normalized spacial score (nSPS) is 10.4. The van der Waals surface area contributed by atoms with Crippen molar-refractivity contribution in [3.05, 3.63) is 34.3 Å². The number of carbonyl (C=O) groups excluding carboxylic acids is 1. The summed E-state index contributed by atoms with van der Waals surface area (Å²) in [5.74, 6) is 0.110. The van der Waals surface area contributed by atoms with E-state index in [1.807, 2.05) is 24.3 Å². The van der Waals surface area contributed by atoms with Crippen molar-refractivity contribution in [2.45, 2.75) is 6.42 Å². The first kappa shape index (κ1) is 13.4. The molecule has 0 atom stereocenters. The summed E-state index contributed by atoms with van der Waals surface area (Å²) < 4.78 is 5.85. The molecular formula is C12H16BrNO2. The molecule has 0 radical (unpaired) electrons. The van der Waals surface area contributed by atoms with Gasteiger partial charge in [-0.15, -0.1) is 0 Å². The number of hydrogen-bond acceptors (Lipinski definition) is 3. The molecule has 1 aromatic rings. The first-order chi connectivity index (χ1) is 7.74. The minimum atomic E-state index is 0.110. The number of rotatable bonds is 7. The molecule has 0 aliphatic heterocycles. The Bertz CT molecular complexity index is 342. The number of carbonyl (C=O) groups is 1. The third-order valence-corrected chi connectivity index (χ3v) is 2.63. The van der Waals surface area contributed by atoms with Crippen LogP contribution in [0.1, 0.15) is 16.8 Å². The van der Waals surface area contributed by atoms with Crippen LogP contribution in [0.5, 0.6) is 0 Å². The van der Waals surface area contributed by atoms with Gasteiger partial charge in [0.15, 0.2) is 5.78 Å². The maximum Gasteiger partial charge on any atom is 0.176 e. The largest absolute Gasteiger partial charge is 0.385 e. The van der Waals surface area contributed by atoms with Gasteiger partial charge in [-0.25, -0.2) is 0 Å². The Hall–Kier alpha value is -0.710. The molecule has 0 saturated heterocycles. The molecule has 0 aliphatic carbocycles. The minimum absolute atomic E-state index is 0.110. The third-order valence-electron chi connectivity index (χ3n) is 2.13. The average Bonchev–Trinajstić information content (AvgIpc) is 2.28. The fourth-order valence-electron chi connectivity index (χ4n) is 1.31. The number of hydrogen-bond donors (Lipinski definition) is 1. The second kappa shape index (κ2) is 7.54. The van der Waals surface area contributed by atoms with E-state index < -0.39 is 0 Å². The van der Waals surface area contributed by atoms with Crippen molar-refractivity contribution in [1.82, 2.24) is 5.32 Å². The van der Waals surface area contributed by atoms with E-state index in [0.717, 1.165) is 29.6 Å². The highest BCUT2D eigenvalue weighted by molar-refractivity contribution is 9.10. The maximum absolute atomic E-state index is 11.7. The zero-order chi connectivity index (χ0) is 11.8. The van der Waals surface area contributed by atoms with Gasteiger partial charge in [-0.1, -0.05) is 28.1 Å². The van der Waals surface area contributed by atoms with Gasteiger partial charge in [0.2, 0.25) is 0 Å². The molecule has 0 spiro atoms. The zero-order valence-electron chi connectivity index (χ0n) is 9.33. The lowest BCUT2D eigenvalue weighted by Gasteiger charge is -2.04. The van der Waals surface area contributed by atoms with E-state index in [2.05, 4.69) is 21.2 Å². The van der Waals surface area contributed by atoms with Crippen molar-refractivity contribution < 1.29 is 9.53 Å². The molecule has 0 heterocycles. The summed E-state index contributed by atoms with van der Waals surface area (Å²) in [6.45, 7) is 1.89. The van der Waals surface area contributed by atoms with Gasteiger partial charge in [-0.3, -0.25) is 4.79 Å². The Morgan fingerprint density at radius 1 is 1.50 bits per heavy atom. The molecule has 3 nitrogen and oxygen atoms in total. The first-order valence-electron chi connectivity index (χ1n) is 5.22. The highest BCUT2D eigenvalue weighted by Gasteiger charge is 2.04. The molecule has 16 heavy (non-hydrogen) atoms. The van der Waals surface area contributed by atoms with Crippen molar-refractivity contribution >= 4 is 21.7 Å². The smallest absolute Gasteiger partial charge is 0.176 e. The fourth-order valence-corrected chi connectivity index (χ4v) is 1.71. The molecule has 1 N–H and O–H groups in total. The Balaban J connectivity index is 2.30. The predicted octanol–water partition coefficient (Wildman–Crippen LogP) is 2.26.